The highest BCUT2D eigenvalue weighted by Crippen LogP contribution is 2.32. The lowest BCUT2D eigenvalue weighted by molar-refractivity contribution is -0.298. The normalized spacial score (nSPS) is 32.9. The van der Waals surface area contributed by atoms with E-state index in [0.717, 1.165) is 34.6 Å². The zero-order valence-corrected chi connectivity index (χ0v) is 19.3. The van der Waals surface area contributed by atoms with E-state index in [1.807, 2.05) is 0 Å². The monoisotopic (exact) mass is 492 g/mol. The van der Waals surface area contributed by atoms with E-state index in [1.165, 1.54) is 0 Å². The maximum Gasteiger partial charge on any atom is 0.303 e. The maximum absolute atomic E-state index is 11.7. The number of hydrogen-bond donors (Lipinski definition) is 1. The van der Waals surface area contributed by atoms with Gasteiger partial charge in [0.2, 0.25) is 0 Å². The van der Waals surface area contributed by atoms with Crippen molar-refractivity contribution in [2.24, 2.45) is 0 Å². The molecule has 0 saturated carbocycles. The highest BCUT2D eigenvalue weighted by molar-refractivity contribution is 5.68. The van der Waals surface area contributed by atoms with Crippen molar-refractivity contribution in [3.63, 3.8) is 0 Å². The summed E-state index contributed by atoms with van der Waals surface area (Å²) >= 11 is 0. The first-order valence-corrected chi connectivity index (χ1v) is 10.3. The van der Waals surface area contributed by atoms with Crippen LogP contribution in [0, 0.1) is 0 Å². The predicted molar refractivity (Wildman–Crippen MR) is 104 cm³/mol. The van der Waals surface area contributed by atoms with Crippen LogP contribution < -0.4 is 0 Å². The number of rotatable bonds is 8. The second-order valence-corrected chi connectivity index (χ2v) is 7.54. The Kier molecular flexibility index (Phi) is 9.73. The topological polar surface area (TPSA) is 179 Å². The lowest BCUT2D eigenvalue weighted by atomic mass is 10.0. The van der Waals surface area contributed by atoms with Gasteiger partial charge in [0.25, 0.3) is 0 Å². The molecule has 2 fully saturated rings. The molecule has 0 aliphatic carbocycles. The molecular formula is C20H28O14. The quantitative estimate of drug-likeness (QED) is 0.313. The van der Waals surface area contributed by atoms with E-state index in [1.54, 1.807) is 0 Å². The summed E-state index contributed by atoms with van der Waals surface area (Å²) in [5, 5.41) is 10.1. The molecule has 14 heteroatoms. The van der Waals surface area contributed by atoms with Crippen LogP contribution in [0.5, 0.6) is 0 Å². The van der Waals surface area contributed by atoms with Crippen molar-refractivity contribution < 1.29 is 67.0 Å². The van der Waals surface area contributed by atoms with Crippen molar-refractivity contribution in [1.82, 2.24) is 0 Å². The average Bonchev–Trinajstić information content (AvgIpc) is 2.99. The van der Waals surface area contributed by atoms with Crippen molar-refractivity contribution >= 4 is 29.8 Å². The van der Waals surface area contributed by atoms with Crippen molar-refractivity contribution in [2.75, 3.05) is 13.2 Å². The number of aliphatic hydroxyl groups is 1. The molecule has 2 aliphatic rings. The second kappa shape index (κ2) is 12.1. The van der Waals surface area contributed by atoms with Crippen LogP contribution in [0.2, 0.25) is 0 Å². The van der Waals surface area contributed by atoms with Gasteiger partial charge in [-0.1, -0.05) is 0 Å². The molecule has 2 aliphatic heterocycles. The summed E-state index contributed by atoms with van der Waals surface area (Å²) < 4.78 is 42.4. The molecule has 0 radical (unpaired) electrons. The van der Waals surface area contributed by atoms with Gasteiger partial charge in [-0.05, 0) is 0 Å². The zero-order valence-electron chi connectivity index (χ0n) is 19.3. The Labute approximate surface area is 194 Å². The molecule has 2 saturated heterocycles. The third-order valence-electron chi connectivity index (χ3n) is 4.64. The molecule has 0 aromatic carbocycles. The third-order valence-corrected chi connectivity index (χ3v) is 4.64. The molecule has 0 aromatic heterocycles. The van der Waals surface area contributed by atoms with Gasteiger partial charge < -0.3 is 43.0 Å². The third kappa shape index (κ3) is 7.62. The molecule has 0 spiro atoms. The van der Waals surface area contributed by atoms with Crippen LogP contribution in [0.3, 0.4) is 0 Å². The number of carbonyl (C=O) groups is 5. The minimum Gasteiger partial charge on any atom is -0.463 e. The molecule has 0 aromatic rings. The van der Waals surface area contributed by atoms with E-state index >= 15 is 0 Å². The summed E-state index contributed by atoms with van der Waals surface area (Å²) in [6.07, 6.45) is -10.6. The maximum atomic E-state index is 11.7. The van der Waals surface area contributed by atoms with Crippen LogP contribution in [0.1, 0.15) is 34.6 Å². The molecule has 2 rings (SSSR count). The van der Waals surface area contributed by atoms with Gasteiger partial charge >= 0.3 is 29.8 Å². The van der Waals surface area contributed by atoms with Gasteiger partial charge in [0, 0.05) is 34.6 Å². The van der Waals surface area contributed by atoms with Gasteiger partial charge in [-0.15, -0.1) is 0 Å². The van der Waals surface area contributed by atoms with Crippen LogP contribution in [-0.2, 0) is 61.9 Å². The molecule has 192 valence electrons. The van der Waals surface area contributed by atoms with E-state index in [0.29, 0.717) is 0 Å². The first-order chi connectivity index (χ1) is 15.9. The molecule has 0 unspecified atom stereocenters. The Morgan fingerprint density at radius 2 is 1.24 bits per heavy atom. The van der Waals surface area contributed by atoms with Crippen molar-refractivity contribution in [3.8, 4) is 0 Å². The van der Waals surface area contributed by atoms with Crippen LogP contribution in [0.25, 0.3) is 0 Å². The summed E-state index contributed by atoms with van der Waals surface area (Å²) in [5.74, 6) is -3.66. The van der Waals surface area contributed by atoms with Gasteiger partial charge in [0.1, 0.15) is 18.8 Å². The number of aliphatic hydroxyl groups excluding tert-OH is 1. The van der Waals surface area contributed by atoms with Gasteiger partial charge in [-0.3, -0.25) is 24.0 Å². The van der Waals surface area contributed by atoms with E-state index in [4.69, 9.17) is 37.9 Å². The zero-order chi connectivity index (χ0) is 25.6. The fourth-order valence-electron chi connectivity index (χ4n) is 3.48. The van der Waals surface area contributed by atoms with Crippen LogP contribution in [-0.4, -0.2) is 97.4 Å². The Morgan fingerprint density at radius 1 is 0.735 bits per heavy atom. The molecule has 1 N–H and O–H groups in total. The summed E-state index contributed by atoms with van der Waals surface area (Å²) in [7, 11) is 0. The smallest absolute Gasteiger partial charge is 0.303 e. The predicted octanol–water partition coefficient (Wildman–Crippen LogP) is -1.26. The Morgan fingerprint density at radius 3 is 1.76 bits per heavy atom. The van der Waals surface area contributed by atoms with Crippen molar-refractivity contribution in [2.45, 2.75) is 83.8 Å². The molecular weight excluding hydrogens is 464 g/mol. The van der Waals surface area contributed by atoms with Gasteiger partial charge in [0.15, 0.2) is 37.0 Å². The highest BCUT2D eigenvalue weighted by atomic mass is 16.8. The fourth-order valence-corrected chi connectivity index (χ4v) is 3.48. The van der Waals surface area contributed by atoms with E-state index < -0.39 is 79.1 Å². The summed E-state index contributed by atoms with van der Waals surface area (Å²) in [5.41, 5.74) is 0. The Balaban J connectivity index is 2.31. The molecule has 2 heterocycles. The van der Waals surface area contributed by atoms with Gasteiger partial charge in [0.05, 0.1) is 6.61 Å². The standard InChI is InChI=1S/C20H28O14/c1-8(21)27-6-13-16(30-10(3)23)18(32-12(5)25)20(33-13)34-14-7-28-19(26)17(31-11(4)24)15(14)29-9(2)22/h13-20,26H,6-7H2,1-5H3/t13-,14+,15+,16+,17-,18+,19-,20+/m1/s1. The number of hydrogen-bond acceptors (Lipinski definition) is 14. The molecule has 8 atom stereocenters. The largest absolute Gasteiger partial charge is 0.463 e. The van der Waals surface area contributed by atoms with Crippen molar-refractivity contribution in [3.05, 3.63) is 0 Å². The minimum atomic E-state index is -1.62. The number of carbonyl (C=O) groups excluding carboxylic acids is 5. The highest BCUT2D eigenvalue weighted by Gasteiger charge is 2.54. The van der Waals surface area contributed by atoms with Crippen LogP contribution in [0.15, 0.2) is 0 Å². The first kappa shape index (κ1) is 27.4. The lowest BCUT2D eigenvalue weighted by Gasteiger charge is -2.40. The van der Waals surface area contributed by atoms with Gasteiger partial charge in [-0.2, -0.15) is 0 Å². The number of ether oxygens (including phenoxy) is 8. The van der Waals surface area contributed by atoms with E-state index in [9.17, 15) is 29.1 Å². The minimum absolute atomic E-state index is 0.337. The first-order valence-electron chi connectivity index (χ1n) is 10.3. The van der Waals surface area contributed by atoms with Gasteiger partial charge in [-0.25, -0.2) is 0 Å². The van der Waals surface area contributed by atoms with E-state index in [-0.39, 0.29) is 13.2 Å². The second-order valence-electron chi connectivity index (χ2n) is 7.54. The summed E-state index contributed by atoms with van der Waals surface area (Å²) in [4.78, 5) is 57.8. The van der Waals surface area contributed by atoms with Crippen LogP contribution in [0.4, 0.5) is 0 Å². The average molecular weight is 492 g/mol. The molecule has 14 nitrogen and oxygen atoms in total. The Hall–Kier alpha value is -2.81. The molecule has 0 bridgehead atoms. The van der Waals surface area contributed by atoms with E-state index in [2.05, 4.69) is 0 Å². The van der Waals surface area contributed by atoms with Crippen LogP contribution >= 0.6 is 0 Å². The lowest BCUT2D eigenvalue weighted by Crippen LogP contribution is -2.58. The Bertz CT molecular complexity index is 781. The molecule has 34 heavy (non-hydrogen) atoms. The number of esters is 5. The molecule has 0 amide bonds. The van der Waals surface area contributed by atoms with Crippen molar-refractivity contribution in [1.29, 1.82) is 0 Å². The summed E-state index contributed by atoms with van der Waals surface area (Å²) in [6, 6.07) is 0. The summed E-state index contributed by atoms with van der Waals surface area (Å²) in [6.45, 7) is 4.89. The SMILES string of the molecule is CC(=O)OC[C@H]1O[C@@H](O[C@H]2CO[C@@H](O)[C@H](OC(C)=O)[C@H]2OC(C)=O)[C@@H](OC(C)=O)[C@H]1OC(C)=O. The fraction of sp³-hybridized carbons (Fsp3) is 0.750.